The van der Waals surface area contributed by atoms with E-state index in [-0.39, 0.29) is 18.1 Å². The second-order valence-corrected chi connectivity index (χ2v) is 2.96. The Labute approximate surface area is 72.6 Å². The van der Waals surface area contributed by atoms with Gasteiger partial charge in [0.1, 0.15) is 5.78 Å². The first-order valence-electron chi connectivity index (χ1n) is 3.96. The molecule has 0 heterocycles. The summed E-state index contributed by atoms with van der Waals surface area (Å²) in [7, 11) is 0. The highest BCUT2D eigenvalue weighted by molar-refractivity contribution is 6.18. The second kappa shape index (κ2) is 6.62. The Kier molecular flexibility index (Phi) is 6.57. The van der Waals surface area contributed by atoms with E-state index in [2.05, 4.69) is 0 Å². The molecule has 0 spiro atoms. The summed E-state index contributed by atoms with van der Waals surface area (Å²) in [5, 5.41) is 8.97. The summed E-state index contributed by atoms with van der Waals surface area (Å²) in [6.45, 7) is 2.03. The van der Waals surface area contributed by atoms with Crippen molar-refractivity contribution in [3.05, 3.63) is 0 Å². The SMILES string of the molecule is CCCCC(=O)C[C@@H](O)CCl. The lowest BCUT2D eigenvalue weighted by Crippen LogP contribution is -2.14. The third-order valence-corrected chi connectivity index (χ3v) is 1.81. The Morgan fingerprint density at radius 2 is 2.27 bits per heavy atom. The highest BCUT2D eigenvalue weighted by Crippen LogP contribution is 2.02. The fraction of sp³-hybridized carbons (Fsp3) is 0.875. The predicted octanol–water partition coefficient (Wildman–Crippen LogP) is 1.74. The molecule has 11 heavy (non-hydrogen) atoms. The molecule has 0 rings (SSSR count). The zero-order chi connectivity index (χ0) is 8.69. The number of halogens is 1. The summed E-state index contributed by atoms with van der Waals surface area (Å²) in [6, 6.07) is 0. The van der Waals surface area contributed by atoms with E-state index in [9.17, 15) is 4.79 Å². The van der Waals surface area contributed by atoms with Gasteiger partial charge in [0.15, 0.2) is 0 Å². The molecule has 0 radical (unpaired) electrons. The largest absolute Gasteiger partial charge is 0.391 e. The maximum atomic E-state index is 11.0. The van der Waals surface area contributed by atoms with Crippen molar-refractivity contribution in [1.29, 1.82) is 0 Å². The van der Waals surface area contributed by atoms with E-state index in [4.69, 9.17) is 16.7 Å². The van der Waals surface area contributed by atoms with Crippen molar-refractivity contribution in [2.75, 3.05) is 5.88 Å². The van der Waals surface area contributed by atoms with Crippen LogP contribution in [0, 0.1) is 0 Å². The molecule has 1 N–H and O–H groups in total. The molecule has 0 aromatic heterocycles. The van der Waals surface area contributed by atoms with Gasteiger partial charge in [0, 0.05) is 18.7 Å². The maximum Gasteiger partial charge on any atom is 0.135 e. The lowest BCUT2D eigenvalue weighted by Gasteiger charge is -2.03. The van der Waals surface area contributed by atoms with Crippen molar-refractivity contribution in [2.24, 2.45) is 0 Å². The van der Waals surface area contributed by atoms with Crippen LogP contribution in [-0.2, 0) is 4.79 Å². The molecule has 0 aromatic carbocycles. The van der Waals surface area contributed by atoms with Crippen LogP contribution < -0.4 is 0 Å². The standard InChI is InChI=1S/C8H15ClO2/c1-2-3-4-7(10)5-8(11)6-9/h8,11H,2-6H2,1H3/t8-/m1/s1. The number of hydrogen-bond donors (Lipinski definition) is 1. The molecule has 0 bridgehead atoms. The van der Waals surface area contributed by atoms with Crippen molar-refractivity contribution >= 4 is 17.4 Å². The molecule has 0 aliphatic carbocycles. The van der Waals surface area contributed by atoms with E-state index in [1.807, 2.05) is 6.92 Å². The molecule has 0 unspecified atom stereocenters. The first-order valence-corrected chi connectivity index (χ1v) is 4.49. The van der Waals surface area contributed by atoms with Crippen LogP contribution in [0.15, 0.2) is 0 Å². The summed E-state index contributed by atoms with van der Waals surface area (Å²) in [4.78, 5) is 11.0. The monoisotopic (exact) mass is 178 g/mol. The third-order valence-electron chi connectivity index (χ3n) is 1.45. The maximum absolute atomic E-state index is 11.0. The summed E-state index contributed by atoms with van der Waals surface area (Å²) in [5.41, 5.74) is 0. The van der Waals surface area contributed by atoms with Gasteiger partial charge in [0.25, 0.3) is 0 Å². The quantitative estimate of drug-likeness (QED) is 0.630. The number of carbonyl (C=O) groups excluding carboxylic acids is 1. The first-order chi connectivity index (χ1) is 5.20. The van der Waals surface area contributed by atoms with E-state index in [0.29, 0.717) is 6.42 Å². The number of aliphatic hydroxyl groups is 1. The van der Waals surface area contributed by atoms with Gasteiger partial charge in [0.2, 0.25) is 0 Å². The van der Waals surface area contributed by atoms with E-state index in [1.54, 1.807) is 0 Å². The van der Waals surface area contributed by atoms with Crippen LogP contribution in [0.1, 0.15) is 32.6 Å². The fourth-order valence-electron chi connectivity index (χ4n) is 0.793. The predicted molar refractivity (Wildman–Crippen MR) is 45.9 cm³/mol. The number of aliphatic hydroxyl groups excluding tert-OH is 1. The molecule has 0 aliphatic heterocycles. The average molecular weight is 179 g/mol. The van der Waals surface area contributed by atoms with Gasteiger partial charge in [-0.1, -0.05) is 13.3 Å². The third kappa shape index (κ3) is 6.32. The van der Waals surface area contributed by atoms with Crippen molar-refractivity contribution in [3.63, 3.8) is 0 Å². The number of Topliss-reactive ketones (excluding diaryl/α,β-unsaturated/α-hetero) is 1. The number of ketones is 1. The normalized spacial score (nSPS) is 13.0. The van der Waals surface area contributed by atoms with Crippen molar-refractivity contribution in [3.8, 4) is 0 Å². The Morgan fingerprint density at radius 3 is 2.73 bits per heavy atom. The van der Waals surface area contributed by atoms with E-state index < -0.39 is 6.10 Å². The molecule has 2 nitrogen and oxygen atoms in total. The molecular formula is C8H15ClO2. The lowest BCUT2D eigenvalue weighted by atomic mass is 10.1. The Bertz CT molecular complexity index is 115. The average Bonchev–Trinajstić information content (AvgIpc) is 2.00. The van der Waals surface area contributed by atoms with Crippen LogP contribution in [0.25, 0.3) is 0 Å². The number of carbonyl (C=O) groups is 1. The molecule has 0 aliphatic rings. The van der Waals surface area contributed by atoms with Gasteiger partial charge in [-0.05, 0) is 6.42 Å². The van der Waals surface area contributed by atoms with Gasteiger partial charge < -0.3 is 5.11 Å². The summed E-state index contributed by atoms with van der Waals surface area (Å²) in [5.74, 6) is 0.262. The first kappa shape index (κ1) is 10.9. The van der Waals surface area contributed by atoms with Gasteiger partial charge in [-0.3, -0.25) is 4.79 Å². The van der Waals surface area contributed by atoms with Crippen molar-refractivity contribution < 1.29 is 9.90 Å². The van der Waals surface area contributed by atoms with E-state index in [1.165, 1.54) is 0 Å². The minimum Gasteiger partial charge on any atom is -0.391 e. The minimum absolute atomic E-state index is 0.111. The van der Waals surface area contributed by atoms with Gasteiger partial charge in [-0.15, -0.1) is 11.6 Å². The van der Waals surface area contributed by atoms with Crippen LogP contribution in [0.4, 0.5) is 0 Å². The Hall–Kier alpha value is -0.0800. The summed E-state index contributed by atoms with van der Waals surface area (Å²) >= 11 is 5.33. The number of hydrogen-bond acceptors (Lipinski definition) is 2. The lowest BCUT2D eigenvalue weighted by molar-refractivity contribution is -0.120. The van der Waals surface area contributed by atoms with E-state index >= 15 is 0 Å². The van der Waals surface area contributed by atoms with Crippen LogP contribution in [0.3, 0.4) is 0 Å². The van der Waals surface area contributed by atoms with Crippen LogP contribution in [0.2, 0.25) is 0 Å². The molecular weight excluding hydrogens is 164 g/mol. The second-order valence-electron chi connectivity index (χ2n) is 2.65. The molecule has 0 saturated heterocycles. The van der Waals surface area contributed by atoms with Crippen LogP contribution in [-0.4, -0.2) is 22.9 Å². The molecule has 1 atom stereocenters. The zero-order valence-corrected chi connectivity index (χ0v) is 7.60. The topological polar surface area (TPSA) is 37.3 Å². The zero-order valence-electron chi connectivity index (χ0n) is 6.85. The molecule has 66 valence electrons. The Balaban J connectivity index is 3.36. The number of alkyl halides is 1. The van der Waals surface area contributed by atoms with Gasteiger partial charge in [-0.2, -0.15) is 0 Å². The smallest absolute Gasteiger partial charge is 0.135 e. The van der Waals surface area contributed by atoms with Crippen molar-refractivity contribution in [2.45, 2.75) is 38.7 Å². The fourth-order valence-corrected chi connectivity index (χ4v) is 0.902. The summed E-state index contributed by atoms with van der Waals surface area (Å²) in [6.07, 6.45) is 2.06. The number of unbranched alkanes of at least 4 members (excludes halogenated alkanes) is 1. The molecule has 3 heteroatoms. The van der Waals surface area contributed by atoms with Gasteiger partial charge >= 0.3 is 0 Å². The van der Waals surface area contributed by atoms with Crippen LogP contribution in [0.5, 0.6) is 0 Å². The number of rotatable bonds is 6. The Morgan fingerprint density at radius 1 is 1.64 bits per heavy atom. The van der Waals surface area contributed by atoms with Crippen LogP contribution >= 0.6 is 11.6 Å². The summed E-state index contributed by atoms with van der Waals surface area (Å²) < 4.78 is 0. The molecule has 0 aromatic rings. The van der Waals surface area contributed by atoms with Gasteiger partial charge in [-0.25, -0.2) is 0 Å². The highest BCUT2D eigenvalue weighted by atomic mass is 35.5. The van der Waals surface area contributed by atoms with Gasteiger partial charge in [0.05, 0.1) is 6.10 Å². The molecule has 0 amide bonds. The van der Waals surface area contributed by atoms with Crippen molar-refractivity contribution in [1.82, 2.24) is 0 Å². The highest BCUT2D eigenvalue weighted by Gasteiger charge is 2.08. The minimum atomic E-state index is -0.652. The molecule has 0 fully saturated rings. The van der Waals surface area contributed by atoms with E-state index in [0.717, 1.165) is 12.8 Å². The molecule has 0 saturated carbocycles.